The van der Waals surface area contributed by atoms with Gasteiger partial charge in [0.15, 0.2) is 0 Å². The number of unbranched alkanes of at least 4 members (excludes halogenated alkanes) is 1. The molecular weight excluding hydrogens is 184 g/mol. The van der Waals surface area contributed by atoms with Gasteiger partial charge < -0.3 is 9.84 Å². The van der Waals surface area contributed by atoms with E-state index in [0.717, 1.165) is 12.8 Å². The van der Waals surface area contributed by atoms with Gasteiger partial charge >= 0.3 is 11.9 Å². The van der Waals surface area contributed by atoms with Crippen molar-refractivity contribution < 1.29 is 19.4 Å². The van der Waals surface area contributed by atoms with Crippen molar-refractivity contribution in [2.45, 2.75) is 32.6 Å². The average Bonchev–Trinajstić information content (AvgIpc) is 2.13. The van der Waals surface area contributed by atoms with Crippen molar-refractivity contribution in [2.24, 2.45) is 0 Å². The number of esters is 1. The third kappa shape index (κ3) is 6.22. The summed E-state index contributed by atoms with van der Waals surface area (Å²) < 4.78 is 4.69. The number of rotatable bonds is 7. The van der Waals surface area contributed by atoms with Crippen molar-refractivity contribution in [2.75, 3.05) is 6.61 Å². The lowest BCUT2D eigenvalue weighted by molar-refractivity contribution is -0.143. The van der Waals surface area contributed by atoms with Crippen LogP contribution in [0.5, 0.6) is 0 Å². The lowest BCUT2D eigenvalue weighted by Crippen LogP contribution is -2.10. The summed E-state index contributed by atoms with van der Waals surface area (Å²) in [5.74, 6) is -1.46. The summed E-state index contributed by atoms with van der Waals surface area (Å²) in [6, 6.07) is 0. The highest BCUT2D eigenvalue weighted by atomic mass is 16.5. The molecule has 14 heavy (non-hydrogen) atoms. The fourth-order valence-electron chi connectivity index (χ4n) is 0.825. The number of carboxylic acid groups (broad SMARTS) is 1. The van der Waals surface area contributed by atoms with Gasteiger partial charge in [0.05, 0.1) is 6.42 Å². The Labute approximate surface area is 83.6 Å². The van der Waals surface area contributed by atoms with E-state index in [1.807, 2.05) is 6.92 Å². The van der Waals surface area contributed by atoms with Crippen molar-refractivity contribution >= 4 is 11.9 Å². The molecule has 0 heterocycles. The predicted octanol–water partition coefficient (Wildman–Crippen LogP) is 1.75. The molecule has 0 bridgehead atoms. The first-order valence-electron chi connectivity index (χ1n) is 4.64. The number of ether oxygens (including phenoxy) is 1. The molecule has 80 valence electrons. The van der Waals surface area contributed by atoms with Crippen LogP contribution in [0.4, 0.5) is 0 Å². The van der Waals surface area contributed by atoms with Gasteiger partial charge in [0.25, 0.3) is 0 Å². The fraction of sp³-hybridized carbons (Fsp3) is 0.600. The topological polar surface area (TPSA) is 63.6 Å². The van der Waals surface area contributed by atoms with E-state index in [4.69, 9.17) is 9.84 Å². The van der Waals surface area contributed by atoms with Crippen LogP contribution in [-0.2, 0) is 14.3 Å². The zero-order valence-electron chi connectivity index (χ0n) is 8.41. The molecule has 1 N–H and O–H groups in total. The second kappa shape index (κ2) is 7.12. The number of carbonyl (C=O) groups excluding carboxylic acids is 1. The van der Waals surface area contributed by atoms with Crippen LogP contribution in [-0.4, -0.2) is 23.7 Å². The third-order valence-corrected chi connectivity index (χ3v) is 1.67. The number of hydrogen-bond acceptors (Lipinski definition) is 3. The standard InChI is InChI=1S/C10H16O4/c1-3-4-5-8(2)10(13)14-7-6-9(11)12/h2-7H2,1H3,(H,11,12). The monoisotopic (exact) mass is 200 g/mol. The third-order valence-electron chi connectivity index (χ3n) is 1.67. The highest BCUT2D eigenvalue weighted by Gasteiger charge is 2.08. The average molecular weight is 200 g/mol. The second-order valence-corrected chi connectivity index (χ2v) is 2.99. The SMILES string of the molecule is C=C(CCCC)C(=O)OCCC(=O)O. The minimum absolute atomic E-state index is 0.0840. The summed E-state index contributed by atoms with van der Waals surface area (Å²) in [5, 5.41) is 8.29. The van der Waals surface area contributed by atoms with Crippen LogP contribution in [0.1, 0.15) is 32.6 Å². The van der Waals surface area contributed by atoms with Crippen molar-refractivity contribution in [1.29, 1.82) is 0 Å². The second-order valence-electron chi connectivity index (χ2n) is 2.99. The molecule has 0 amide bonds. The lowest BCUT2D eigenvalue weighted by atomic mass is 10.1. The Morgan fingerprint density at radius 1 is 1.36 bits per heavy atom. The molecule has 0 atom stereocenters. The molecule has 0 radical (unpaired) electrons. The molecule has 0 fully saturated rings. The smallest absolute Gasteiger partial charge is 0.333 e. The zero-order chi connectivity index (χ0) is 11.0. The highest BCUT2D eigenvalue weighted by Crippen LogP contribution is 2.06. The van der Waals surface area contributed by atoms with Crippen LogP contribution in [0, 0.1) is 0 Å². The summed E-state index contributed by atoms with van der Waals surface area (Å²) in [7, 11) is 0. The minimum Gasteiger partial charge on any atom is -0.481 e. The molecule has 4 nitrogen and oxygen atoms in total. The van der Waals surface area contributed by atoms with Gasteiger partial charge in [0.1, 0.15) is 6.61 Å². The van der Waals surface area contributed by atoms with Crippen LogP contribution >= 0.6 is 0 Å². The number of carboxylic acids is 1. The largest absolute Gasteiger partial charge is 0.481 e. The van der Waals surface area contributed by atoms with Gasteiger partial charge in [-0.2, -0.15) is 0 Å². The Balaban J connectivity index is 3.62. The van der Waals surface area contributed by atoms with Gasteiger partial charge in [-0.15, -0.1) is 0 Å². The molecular formula is C10H16O4. The van der Waals surface area contributed by atoms with E-state index >= 15 is 0 Å². The minimum atomic E-state index is -0.975. The van der Waals surface area contributed by atoms with Gasteiger partial charge in [-0.1, -0.05) is 19.9 Å². The Bertz CT molecular complexity index is 220. The molecule has 4 heteroatoms. The van der Waals surface area contributed by atoms with E-state index in [0.29, 0.717) is 12.0 Å². The Kier molecular flexibility index (Phi) is 6.45. The van der Waals surface area contributed by atoms with E-state index in [2.05, 4.69) is 6.58 Å². The Morgan fingerprint density at radius 2 is 2.00 bits per heavy atom. The van der Waals surface area contributed by atoms with E-state index in [1.165, 1.54) is 0 Å². The first kappa shape index (κ1) is 12.7. The van der Waals surface area contributed by atoms with Crippen molar-refractivity contribution in [3.63, 3.8) is 0 Å². The normalized spacial score (nSPS) is 9.50. The molecule has 0 aliphatic carbocycles. The van der Waals surface area contributed by atoms with Crippen molar-refractivity contribution in [1.82, 2.24) is 0 Å². The molecule has 0 aliphatic rings. The van der Waals surface area contributed by atoms with Crippen LogP contribution in [0.25, 0.3) is 0 Å². The molecule has 0 aromatic heterocycles. The summed E-state index contributed by atoms with van der Waals surface area (Å²) in [6.07, 6.45) is 2.34. The van der Waals surface area contributed by atoms with E-state index in [-0.39, 0.29) is 13.0 Å². The number of hydrogen-bond donors (Lipinski definition) is 1. The Hall–Kier alpha value is -1.32. The maximum absolute atomic E-state index is 11.1. The first-order valence-corrected chi connectivity index (χ1v) is 4.64. The summed E-state index contributed by atoms with van der Waals surface area (Å²) in [6.45, 7) is 5.50. The molecule has 0 aromatic rings. The van der Waals surface area contributed by atoms with Gasteiger partial charge in [-0.3, -0.25) is 4.79 Å². The van der Waals surface area contributed by atoms with Crippen molar-refractivity contribution in [3.8, 4) is 0 Å². The molecule has 0 unspecified atom stereocenters. The predicted molar refractivity (Wildman–Crippen MR) is 51.9 cm³/mol. The van der Waals surface area contributed by atoms with Crippen LogP contribution < -0.4 is 0 Å². The fourth-order valence-corrected chi connectivity index (χ4v) is 0.825. The van der Waals surface area contributed by atoms with Gasteiger partial charge in [0, 0.05) is 5.57 Å². The van der Waals surface area contributed by atoms with E-state index in [9.17, 15) is 9.59 Å². The zero-order valence-corrected chi connectivity index (χ0v) is 8.41. The molecule has 0 aromatic carbocycles. The van der Waals surface area contributed by atoms with E-state index in [1.54, 1.807) is 0 Å². The van der Waals surface area contributed by atoms with E-state index < -0.39 is 11.9 Å². The summed E-state index contributed by atoms with van der Waals surface area (Å²) >= 11 is 0. The molecule has 0 saturated heterocycles. The number of aliphatic carboxylic acids is 1. The molecule has 0 saturated carbocycles. The lowest BCUT2D eigenvalue weighted by Gasteiger charge is -2.04. The van der Waals surface area contributed by atoms with Gasteiger partial charge in [0.2, 0.25) is 0 Å². The summed E-state index contributed by atoms with van der Waals surface area (Å²) in [4.78, 5) is 21.2. The molecule has 0 aliphatic heterocycles. The van der Waals surface area contributed by atoms with Gasteiger partial charge in [-0.25, -0.2) is 4.79 Å². The van der Waals surface area contributed by atoms with Crippen LogP contribution in [0.15, 0.2) is 12.2 Å². The van der Waals surface area contributed by atoms with Crippen LogP contribution in [0.3, 0.4) is 0 Å². The number of carbonyl (C=O) groups is 2. The molecule has 0 spiro atoms. The van der Waals surface area contributed by atoms with Gasteiger partial charge in [-0.05, 0) is 12.8 Å². The quantitative estimate of drug-likeness (QED) is 0.502. The first-order chi connectivity index (χ1) is 6.57. The van der Waals surface area contributed by atoms with Crippen LogP contribution in [0.2, 0.25) is 0 Å². The summed E-state index contributed by atoms with van der Waals surface area (Å²) in [5.41, 5.74) is 0.414. The maximum atomic E-state index is 11.1. The highest BCUT2D eigenvalue weighted by molar-refractivity contribution is 5.87. The van der Waals surface area contributed by atoms with Crippen molar-refractivity contribution in [3.05, 3.63) is 12.2 Å². The Morgan fingerprint density at radius 3 is 2.50 bits per heavy atom. The maximum Gasteiger partial charge on any atom is 0.333 e. The molecule has 0 rings (SSSR count).